The number of hydrogen-bond acceptors (Lipinski definition) is 4. The second kappa shape index (κ2) is 5.75. The SMILES string of the molecule is Cc1cccc2c(OC3CC(C(=O)O)N(C(=O)O)C3)nccc12. The third kappa shape index (κ3) is 2.77. The van der Waals surface area contributed by atoms with Gasteiger partial charge < -0.3 is 14.9 Å². The van der Waals surface area contributed by atoms with Gasteiger partial charge >= 0.3 is 12.1 Å². The molecular weight excluding hydrogens is 300 g/mol. The quantitative estimate of drug-likeness (QED) is 0.899. The maximum atomic E-state index is 11.2. The number of aryl methyl sites for hydroxylation is 1. The highest BCUT2D eigenvalue weighted by atomic mass is 16.5. The monoisotopic (exact) mass is 316 g/mol. The maximum absolute atomic E-state index is 11.2. The molecule has 2 heterocycles. The molecule has 1 fully saturated rings. The first-order valence-corrected chi connectivity index (χ1v) is 7.20. The molecule has 1 aromatic carbocycles. The Labute approximate surface area is 132 Å². The van der Waals surface area contributed by atoms with Gasteiger partial charge in [0, 0.05) is 18.0 Å². The van der Waals surface area contributed by atoms with E-state index in [1.165, 1.54) is 0 Å². The van der Waals surface area contributed by atoms with Crippen LogP contribution in [-0.4, -0.2) is 50.9 Å². The number of nitrogens with zero attached hydrogens (tertiary/aromatic N) is 2. The number of hydrogen-bond donors (Lipinski definition) is 2. The van der Waals surface area contributed by atoms with Crippen molar-refractivity contribution in [2.24, 2.45) is 0 Å². The van der Waals surface area contributed by atoms with E-state index < -0.39 is 24.2 Å². The smallest absolute Gasteiger partial charge is 0.408 e. The van der Waals surface area contributed by atoms with Crippen LogP contribution in [0.15, 0.2) is 30.5 Å². The summed E-state index contributed by atoms with van der Waals surface area (Å²) in [6, 6.07) is 6.55. The number of pyridine rings is 1. The average Bonchev–Trinajstić information content (AvgIpc) is 2.93. The molecule has 7 nitrogen and oxygen atoms in total. The van der Waals surface area contributed by atoms with Crippen molar-refractivity contribution in [1.82, 2.24) is 9.88 Å². The van der Waals surface area contributed by atoms with Crippen molar-refractivity contribution in [1.29, 1.82) is 0 Å². The van der Waals surface area contributed by atoms with E-state index >= 15 is 0 Å². The summed E-state index contributed by atoms with van der Waals surface area (Å²) in [4.78, 5) is 27.5. The molecule has 23 heavy (non-hydrogen) atoms. The molecule has 7 heteroatoms. The molecule has 2 aromatic rings. The fourth-order valence-corrected chi connectivity index (χ4v) is 2.92. The van der Waals surface area contributed by atoms with Crippen LogP contribution in [-0.2, 0) is 4.79 Å². The van der Waals surface area contributed by atoms with E-state index in [9.17, 15) is 9.59 Å². The number of carboxylic acid groups (broad SMARTS) is 2. The van der Waals surface area contributed by atoms with Crippen molar-refractivity contribution < 1.29 is 24.5 Å². The van der Waals surface area contributed by atoms with Crippen LogP contribution in [0.2, 0.25) is 0 Å². The molecule has 1 aliphatic heterocycles. The zero-order valence-corrected chi connectivity index (χ0v) is 12.5. The summed E-state index contributed by atoms with van der Waals surface area (Å²) < 4.78 is 5.82. The number of fused-ring (bicyclic) bond motifs is 1. The summed E-state index contributed by atoms with van der Waals surface area (Å²) in [7, 11) is 0. The maximum Gasteiger partial charge on any atom is 0.408 e. The number of carboxylic acids is 1. The summed E-state index contributed by atoms with van der Waals surface area (Å²) in [5, 5.41) is 20.1. The molecule has 1 aromatic heterocycles. The Hall–Kier alpha value is -2.83. The van der Waals surface area contributed by atoms with Crippen LogP contribution in [0.3, 0.4) is 0 Å². The topological polar surface area (TPSA) is 100.0 Å². The molecule has 0 bridgehead atoms. The number of benzene rings is 1. The Kier molecular flexibility index (Phi) is 3.77. The van der Waals surface area contributed by atoms with Gasteiger partial charge in [-0.2, -0.15) is 0 Å². The molecule has 0 radical (unpaired) electrons. The van der Waals surface area contributed by atoms with Crippen molar-refractivity contribution in [2.45, 2.75) is 25.5 Å². The molecule has 3 rings (SSSR count). The Morgan fingerprint density at radius 1 is 1.26 bits per heavy atom. The Morgan fingerprint density at radius 2 is 2.04 bits per heavy atom. The predicted molar refractivity (Wildman–Crippen MR) is 81.7 cm³/mol. The minimum Gasteiger partial charge on any atom is -0.480 e. The van der Waals surface area contributed by atoms with E-state index in [0.717, 1.165) is 21.2 Å². The van der Waals surface area contributed by atoms with Gasteiger partial charge in [-0.1, -0.05) is 12.1 Å². The minimum atomic E-state index is -1.26. The minimum absolute atomic E-state index is 0.0101. The highest BCUT2D eigenvalue weighted by molar-refractivity contribution is 5.89. The molecule has 1 saturated heterocycles. The van der Waals surface area contributed by atoms with E-state index in [0.29, 0.717) is 5.88 Å². The number of carbonyl (C=O) groups is 2. The second-order valence-electron chi connectivity index (χ2n) is 5.55. The summed E-state index contributed by atoms with van der Waals surface area (Å²) in [5.74, 6) is -0.771. The lowest BCUT2D eigenvalue weighted by Gasteiger charge is -2.16. The molecule has 1 aliphatic rings. The number of ether oxygens (including phenoxy) is 1. The predicted octanol–water partition coefficient (Wildman–Crippen LogP) is 2.13. The van der Waals surface area contributed by atoms with Gasteiger partial charge in [0.1, 0.15) is 12.1 Å². The largest absolute Gasteiger partial charge is 0.480 e. The van der Waals surface area contributed by atoms with Gasteiger partial charge in [0.2, 0.25) is 5.88 Å². The number of aromatic nitrogens is 1. The first-order chi connectivity index (χ1) is 11.0. The fraction of sp³-hybridized carbons (Fsp3) is 0.312. The molecule has 1 amide bonds. The van der Waals surface area contributed by atoms with E-state index in [-0.39, 0.29) is 13.0 Å². The van der Waals surface area contributed by atoms with Gasteiger partial charge in [-0.15, -0.1) is 0 Å². The molecule has 2 N–H and O–H groups in total. The van der Waals surface area contributed by atoms with Crippen LogP contribution in [0, 0.1) is 6.92 Å². The van der Waals surface area contributed by atoms with E-state index in [1.807, 2.05) is 31.2 Å². The lowest BCUT2D eigenvalue weighted by molar-refractivity contribution is -0.141. The molecular formula is C16H16N2O5. The molecule has 2 atom stereocenters. The molecule has 2 unspecified atom stereocenters. The summed E-state index contributed by atoms with van der Waals surface area (Å²) in [5.41, 5.74) is 1.08. The Morgan fingerprint density at radius 3 is 2.70 bits per heavy atom. The third-order valence-electron chi connectivity index (χ3n) is 4.06. The first kappa shape index (κ1) is 15.1. The number of aliphatic carboxylic acids is 1. The van der Waals surface area contributed by atoms with Gasteiger partial charge in [-0.25, -0.2) is 14.6 Å². The summed E-state index contributed by atoms with van der Waals surface area (Å²) in [6.45, 7) is 1.99. The van der Waals surface area contributed by atoms with Crippen LogP contribution in [0.4, 0.5) is 4.79 Å². The van der Waals surface area contributed by atoms with E-state index in [1.54, 1.807) is 6.20 Å². The lowest BCUT2D eigenvalue weighted by Crippen LogP contribution is -2.39. The van der Waals surface area contributed by atoms with Crippen molar-refractivity contribution in [3.8, 4) is 5.88 Å². The molecule has 0 spiro atoms. The van der Waals surface area contributed by atoms with Crippen molar-refractivity contribution in [2.75, 3.05) is 6.54 Å². The highest BCUT2D eigenvalue weighted by Crippen LogP contribution is 2.29. The van der Waals surface area contributed by atoms with Gasteiger partial charge in [-0.05, 0) is 30.0 Å². The number of rotatable bonds is 3. The fourth-order valence-electron chi connectivity index (χ4n) is 2.92. The normalized spacial score (nSPS) is 20.7. The standard InChI is InChI=1S/C16H16N2O5/c1-9-3-2-4-12-11(9)5-6-17-14(12)23-10-7-13(15(19)20)18(8-10)16(21)22/h2-6,10,13H,7-8H2,1H3,(H,19,20)(H,21,22). The zero-order chi connectivity index (χ0) is 16.6. The van der Waals surface area contributed by atoms with Crippen LogP contribution >= 0.6 is 0 Å². The molecule has 0 aliphatic carbocycles. The van der Waals surface area contributed by atoms with E-state index in [2.05, 4.69) is 4.98 Å². The van der Waals surface area contributed by atoms with Crippen LogP contribution in [0.5, 0.6) is 5.88 Å². The zero-order valence-electron chi connectivity index (χ0n) is 12.5. The van der Waals surface area contributed by atoms with Gasteiger partial charge in [0.15, 0.2) is 0 Å². The van der Waals surface area contributed by atoms with Gasteiger partial charge in [0.25, 0.3) is 0 Å². The third-order valence-corrected chi connectivity index (χ3v) is 4.06. The van der Waals surface area contributed by atoms with Crippen LogP contribution < -0.4 is 4.74 Å². The Bertz CT molecular complexity index is 754. The Balaban J connectivity index is 1.87. The highest BCUT2D eigenvalue weighted by Gasteiger charge is 2.41. The molecule has 0 saturated carbocycles. The van der Waals surface area contributed by atoms with Gasteiger partial charge in [-0.3, -0.25) is 4.90 Å². The van der Waals surface area contributed by atoms with Crippen LogP contribution in [0.25, 0.3) is 10.8 Å². The summed E-state index contributed by atoms with van der Waals surface area (Å²) >= 11 is 0. The summed E-state index contributed by atoms with van der Waals surface area (Å²) in [6.07, 6.45) is -0.0644. The van der Waals surface area contributed by atoms with Crippen molar-refractivity contribution in [3.05, 3.63) is 36.0 Å². The van der Waals surface area contributed by atoms with Crippen molar-refractivity contribution >= 4 is 22.8 Å². The second-order valence-corrected chi connectivity index (χ2v) is 5.55. The number of likely N-dealkylation sites (tertiary alicyclic amines) is 1. The van der Waals surface area contributed by atoms with Crippen LogP contribution in [0.1, 0.15) is 12.0 Å². The first-order valence-electron chi connectivity index (χ1n) is 7.20. The van der Waals surface area contributed by atoms with E-state index in [4.69, 9.17) is 14.9 Å². The lowest BCUT2D eigenvalue weighted by atomic mass is 10.1. The van der Waals surface area contributed by atoms with Gasteiger partial charge in [0.05, 0.1) is 6.54 Å². The average molecular weight is 316 g/mol. The number of amides is 1. The molecule has 120 valence electrons. The van der Waals surface area contributed by atoms with Crippen molar-refractivity contribution in [3.63, 3.8) is 0 Å².